The average molecular weight is 267 g/mol. The van der Waals surface area contributed by atoms with Crippen LogP contribution in [0.5, 0.6) is 0 Å². The second kappa shape index (κ2) is 7.38. The molecule has 1 unspecified atom stereocenters. The molecule has 0 radical (unpaired) electrons. The van der Waals surface area contributed by atoms with E-state index in [0.717, 1.165) is 13.0 Å². The van der Waals surface area contributed by atoms with E-state index in [4.69, 9.17) is 5.11 Å². The highest BCUT2D eigenvalue weighted by Crippen LogP contribution is 2.28. The Morgan fingerprint density at radius 3 is 2.42 bits per heavy atom. The Labute approximate surface area is 114 Å². The summed E-state index contributed by atoms with van der Waals surface area (Å²) in [5.74, 6) is -0.328. The second-order valence-electron chi connectivity index (χ2n) is 4.92. The quantitative estimate of drug-likeness (QED) is 0.742. The van der Waals surface area contributed by atoms with Crippen molar-refractivity contribution >= 4 is 0 Å². The van der Waals surface area contributed by atoms with E-state index in [1.165, 1.54) is 18.2 Å². The van der Waals surface area contributed by atoms with Gasteiger partial charge in [0.2, 0.25) is 0 Å². The first kappa shape index (κ1) is 15.8. The summed E-state index contributed by atoms with van der Waals surface area (Å²) in [5.41, 5.74) is -0.524. The van der Waals surface area contributed by atoms with Crippen molar-refractivity contribution in [2.75, 3.05) is 27.2 Å². The molecule has 0 aliphatic rings. The van der Waals surface area contributed by atoms with Crippen molar-refractivity contribution in [3.63, 3.8) is 0 Å². The van der Waals surface area contributed by atoms with Crippen LogP contribution in [0.15, 0.2) is 36.4 Å². The third-order valence-corrected chi connectivity index (χ3v) is 3.01. The minimum atomic E-state index is -1.16. The highest BCUT2D eigenvalue weighted by Gasteiger charge is 2.25. The van der Waals surface area contributed by atoms with Crippen molar-refractivity contribution in [1.82, 2.24) is 4.90 Å². The summed E-state index contributed by atoms with van der Waals surface area (Å²) in [5, 5.41) is 19.5. The summed E-state index contributed by atoms with van der Waals surface area (Å²) in [6, 6.07) is 5.82. The molecular weight excluding hydrogens is 245 g/mol. The number of rotatable bonds is 7. The molecule has 1 aromatic carbocycles. The van der Waals surface area contributed by atoms with Crippen LogP contribution >= 0.6 is 0 Å². The lowest BCUT2D eigenvalue weighted by Gasteiger charge is -2.26. The smallest absolute Gasteiger partial charge is 0.123 e. The maximum atomic E-state index is 12.9. The molecule has 0 bridgehead atoms. The van der Waals surface area contributed by atoms with E-state index in [2.05, 4.69) is 0 Å². The summed E-state index contributed by atoms with van der Waals surface area (Å²) in [7, 11) is 3.95. The molecule has 19 heavy (non-hydrogen) atoms. The molecule has 0 heterocycles. The first-order valence-electron chi connectivity index (χ1n) is 6.39. The van der Waals surface area contributed by atoms with Gasteiger partial charge >= 0.3 is 0 Å². The van der Waals surface area contributed by atoms with Crippen LogP contribution in [-0.4, -0.2) is 42.4 Å². The van der Waals surface area contributed by atoms with Gasteiger partial charge < -0.3 is 15.1 Å². The van der Waals surface area contributed by atoms with Crippen LogP contribution in [0.1, 0.15) is 18.4 Å². The third kappa shape index (κ3) is 5.11. The van der Waals surface area contributed by atoms with E-state index >= 15 is 0 Å². The fraction of sp³-hybridized carbons (Fsp3) is 0.467. The molecule has 0 aliphatic carbocycles. The van der Waals surface area contributed by atoms with Gasteiger partial charge in [-0.2, -0.15) is 0 Å². The Hall–Kier alpha value is -1.23. The van der Waals surface area contributed by atoms with Gasteiger partial charge in [-0.25, -0.2) is 4.39 Å². The van der Waals surface area contributed by atoms with Crippen molar-refractivity contribution in [3.8, 4) is 0 Å². The molecule has 0 fully saturated rings. The average Bonchev–Trinajstić information content (AvgIpc) is 2.36. The van der Waals surface area contributed by atoms with Crippen LogP contribution < -0.4 is 0 Å². The molecule has 0 saturated heterocycles. The largest absolute Gasteiger partial charge is 0.392 e. The zero-order valence-electron chi connectivity index (χ0n) is 11.5. The molecule has 0 aromatic heterocycles. The second-order valence-corrected chi connectivity index (χ2v) is 4.92. The number of aliphatic hydroxyl groups is 2. The van der Waals surface area contributed by atoms with Crippen molar-refractivity contribution in [2.24, 2.45) is 0 Å². The molecule has 0 spiro atoms. The summed E-state index contributed by atoms with van der Waals surface area (Å²) in [6.45, 7) is 0.730. The van der Waals surface area contributed by atoms with Crippen LogP contribution in [-0.2, 0) is 5.60 Å². The fourth-order valence-corrected chi connectivity index (χ4v) is 1.97. The molecule has 1 aromatic rings. The fourth-order valence-electron chi connectivity index (χ4n) is 1.97. The summed E-state index contributed by atoms with van der Waals surface area (Å²) in [4.78, 5) is 2.04. The highest BCUT2D eigenvalue weighted by atomic mass is 19.1. The number of benzene rings is 1. The molecule has 2 N–H and O–H groups in total. The molecule has 106 valence electrons. The van der Waals surface area contributed by atoms with Gasteiger partial charge in [-0.1, -0.05) is 24.3 Å². The number of hydrogen-bond donors (Lipinski definition) is 2. The number of halogens is 1. The maximum absolute atomic E-state index is 12.9. The maximum Gasteiger partial charge on any atom is 0.123 e. The van der Waals surface area contributed by atoms with Gasteiger partial charge in [-0.15, -0.1) is 0 Å². The monoisotopic (exact) mass is 267 g/mol. The minimum Gasteiger partial charge on any atom is -0.392 e. The van der Waals surface area contributed by atoms with E-state index in [1.807, 2.05) is 19.0 Å². The lowest BCUT2D eigenvalue weighted by molar-refractivity contribution is 0.0740. The Balaban J connectivity index is 2.85. The van der Waals surface area contributed by atoms with Crippen LogP contribution in [0.25, 0.3) is 0 Å². The standard InChI is InChI=1S/C15H22FNO2/c1-17(2)11-3-9-15(19,10-4-12-18)13-5-7-14(16)8-6-13/h4-8,10,18-19H,3,9,11-12H2,1-2H3/b10-4-. The van der Waals surface area contributed by atoms with Crippen LogP contribution in [0, 0.1) is 5.82 Å². The van der Waals surface area contributed by atoms with Gasteiger partial charge in [0, 0.05) is 0 Å². The van der Waals surface area contributed by atoms with E-state index < -0.39 is 5.60 Å². The predicted octanol–water partition coefficient (Wildman–Crippen LogP) is 1.90. The SMILES string of the molecule is CN(C)CCCC(O)(/C=C\CO)c1ccc(F)cc1. The van der Waals surface area contributed by atoms with Crippen molar-refractivity contribution in [2.45, 2.75) is 18.4 Å². The van der Waals surface area contributed by atoms with Crippen molar-refractivity contribution in [3.05, 3.63) is 47.8 Å². The van der Waals surface area contributed by atoms with Crippen LogP contribution in [0.3, 0.4) is 0 Å². The third-order valence-electron chi connectivity index (χ3n) is 3.01. The molecule has 0 amide bonds. The van der Waals surface area contributed by atoms with E-state index in [0.29, 0.717) is 12.0 Å². The predicted molar refractivity (Wildman–Crippen MR) is 74.3 cm³/mol. The molecule has 1 rings (SSSR count). The summed E-state index contributed by atoms with van der Waals surface area (Å²) >= 11 is 0. The number of nitrogens with zero attached hydrogens (tertiary/aromatic N) is 1. The Kier molecular flexibility index (Phi) is 6.15. The van der Waals surface area contributed by atoms with Gasteiger partial charge in [0.25, 0.3) is 0 Å². The van der Waals surface area contributed by atoms with Gasteiger partial charge in [0.1, 0.15) is 11.4 Å². The first-order chi connectivity index (χ1) is 8.98. The molecule has 1 atom stereocenters. The highest BCUT2D eigenvalue weighted by molar-refractivity contribution is 5.27. The topological polar surface area (TPSA) is 43.7 Å². The Morgan fingerprint density at radius 1 is 1.26 bits per heavy atom. The summed E-state index contributed by atoms with van der Waals surface area (Å²) in [6.07, 6.45) is 4.42. The van der Waals surface area contributed by atoms with E-state index in [1.54, 1.807) is 18.2 Å². The van der Waals surface area contributed by atoms with Gasteiger partial charge in [0.05, 0.1) is 6.61 Å². The lowest BCUT2D eigenvalue weighted by Crippen LogP contribution is -2.25. The lowest BCUT2D eigenvalue weighted by atomic mass is 9.88. The molecule has 0 aliphatic heterocycles. The first-order valence-corrected chi connectivity index (χ1v) is 6.39. The van der Waals surface area contributed by atoms with Crippen LogP contribution in [0.4, 0.5) is 4.39 Å². The molecule has 0 saturated carbocycles. The van der Waals surface area contributed by atoms with Crippen molar-refractivity contribution < 1.29 is 14.6 Å². The number of hydrogen-bond acceptors (Lipinski definition) is 3. The Morgan fingerprint density at radius 2 is 1.89 bits per heavy atom. The van der Waals surface area contributed by atoms with E-state index in [-0.39, 0.29) is 12.4 Å². The molecular formula is C15H22FNO2. The number of aliphatic hydroxyl groups excluding tert-OH is 1. The zero-order valence-corrected chi connectivity index (χ0v) is 11.5. The minimum absolute atomic E-state index is 0.128. The Bertz CT molecular complexity index is 403. The molecule has 3 nitrogen and oxygen atoms in total. The molecule has 4 heteroatoms. The van der Waals surface area contributed by atoms with E-state index in [9.17, 15) is 9.50 Å². The van der Waals surface area contributed by atoms with Gasteiger partial charge in [-0.3, -0.25) is 0 Å². The van der Waals surface area contributed by atoms with Crippen molar-refractivity contribution in [1.29, 1.82) is 0 Å². The van der Waals surface area contributed by atoms with Gasteiger partial charge in [-0.05, 0) is 51.2 Å². The van der Waals surface area contributed by atoms with Gasteiger partial charge in [0.15, 0.2) is 0 Å². The zero-order chi connectivity index (χ0) is 14.3. The van der Waals surface area contributed by atoms with Crippen LogP contribution in [0.2, 0.25) is 0 Å². The normalized spacial score (nSPS) is 15.1. The summed E-state index contributed by atoms with van der Waals surface area (Å²) < 4.78 is 12.9.